The SMILES string of the molecule is COC(=O)C(C)(CCOc1cc(C)cc(C)c1)NC1CC1. The molecular formula is C17H25NO3. The van der Waals surface area contributed by atoms with Crippen molar-refractivity contribution in [3.63, 3.8) is 0 Å². The molecule has 1 fully saturated rings. The number of carbonyl (C=O) groups excluding carboxylic acids is 1. The van der Waals surface area contributed by atoms with Gasteiger partial charge in [0.15, 0.2) is 0 Å². The average Bonchev–Trinajstić information content (AvgIpc) is 3.20. The van der Waals surface area contributed by atoms with E-state index in [-0.39, 0.29) is 5.97 Å². The van der Waals surface area contributed by atoms with Gasteiger partial charge < -0.3 is 9.47 Å². The lowest BCUT2D eigenvalue weighted by Gasteiger charge is -2.28. The second-order valence-corrected chi connectivity index (χ2v) is 6.16. The van der Waals surface area contributed by atoms with E-state index in [1.165, 1.54) is 18.2 Å². The molecule has 0 radical (unpaired) electrons. The van der Waals surface area contributed by atoms with Crippen LogP contribution in [0.1, 0.15) is 37.3 Å². The van der Waals surface area contributed by atoms with Crippen molar-refractivity contribution >= 4 is 5.97 Å². The summed E-state index contributed by atoms with van der Waals surface area (Å²) < 4.78 is 10.7. The summed E-state index contributed by atoms with van der Waals surface area (Å²) in [6.45, 7) is 6.47. The molecule has 4 nitrogen and oxygen atoms in total. The molecule has 0 saturated heterocycles. The summed E-state index contributed by atoms with van der Waals surface area (Å²) in [5.41, 5.74) is 1.68. The first-order chi connectivity index (χ1) is 9.93. The number of carbonyl (C=O) groups is 1. The summed E-state index contributed by atoms with van der Waals surface area (Å²) in [4.78, 5) is 12.0. The first kappa shape index (κ1) is 15.8. The highest BCUT2D eigenvalue weighted by Crippen LogP contribution is 2.25. The van der Waals surface area contributed by atoms with E-state index in [2.05, 4.69) is 11.4 Å². The van der Waals surface area contributed by atoms with Crippen LogP contribution < -0.4 is 10.1 Å². The molecule has 1 aromatic rings. The van der Waals surface area contributed by atoms with E-state index in [0.717, 1.165) is 18.6 Å². The van der Waals surface area contributed by atoms with Crippen LogP contribution in [0.4, 0.5) is 0 Å². The van der Waals surface area contributed by atoms with Gasteiger partial charge in [0, 0.05) is 12.5 Å². The molecule has 0 aromatic heterocycles. The maximum Gasteiger partial charge on any atom is 0.325 e. The van der Waals surface area contributed by atoms with Crippen LogP contribution in [-0.2, 0) is 9.53 Å². The summed E-state index contributed by atoms with van der Waals surface area (Å²) in [7, 11) is 1.43. The quantitative estimate of drug-likeness (QED) is 0.785. The van der Waals surface area contributed by atoms with Crippen molar-refractivity contribution in [2.45, 2.75) is 51.6 Å². The Hall–Kier alpha value is -1.55. The molecule has 0 heterocycles. The van der Waals surface area contributed by atoms with E-state index < -0.39 is 5.54 Å². The van der Waals surface area contributed by atoms with Gasteiger partial charge in [-0.25, -0.2) is 0 Å². The summed E-state index contributed by atoms with van der Waals surface area (Å²) in [6, 6.07) is 6.57. The third-order valence-corrected chi connectivity index (χ3v) is 3.80. The fourth-order valence-corrected chi connectivity index (χ4v) is 2.53. The van der Waals surface area contributed by atoms with Crippen molar-refractivity contribution in [3.8, 4) is 5.75 Å². The fraction of sp³-hybridized carbons (Fsp3) is 0.588. The molecule has 1 atom stereocenters. The number of esters is 1. The molecule has 0 aliphatic heterocycles. The van der Waals surface area contributed by atoms with E-state index >= 15 is 0 Å². The lowest BCUT2D eigenvalue weighted by Crippen LogP contribution is -2.52. The molecule has 0 spiro atoms. The molecule has 116 valence electrons. The van der Waals surface area contributed by atoms with Gasteiger partial charge >= 0.3 is 5.97 Å². The zero-order valence-corrected chi connectivity index (χ0v) is 13.4. The smallest absolute Gasteiger partial charge is 0.325 e. The largest absolute Gasteiger partial charge is 0.493 e. The molecule has 1 aliphatic carbocycles. The van der Waals surface area contributed by atoms with Crippen molar-refractivity contribution < 1.29 is 14.3 Å². The minimum atomic E-state index is -0.672. The second kappa shape index (κ2) is 6.48. The Morgan fingerprint density at radius 2 is 1.90 bits per heavy atom. The zero-order valence-electron chi connectivity index (χ0n) is 13.4. The predicted molar refractivity (Wildman–Crippen MR) is 82.6 cm³/mol. The number of methoxy groups -OCH3 is 1. The zero-order chi connectivity index (χ0) is 15.5. The number of benzene rings is 1. The normalized spacial score (nSPS) is 17.1. The van der Waals surface area contributed by atoms with Crippen LogP contribution in [-0.4, -0.2) is 31.3 Å². The molecule has 21 heavy (non-hydrogen) atoms. The standard InChI is InChI=1S/C17H25NO3/c1-12-9-13(2)11-15(10-12)21-8-7-17(3,16(19)20-4)18-14-5-6-14/h9-11,14,18H,5-8H2,1-4H3. The highest BCUT2D eigenvalue weighted by Gasteiger charge is 2.39. The van der Waals surface area contributed by atoms with E-state index in [4.69, 9.17) is 9.47 Å². The van der Waals surface area contributed by atoms with Crippen LogP contribution in [0.15, 0.2) is 18.2 Å². The van der Waals surface area contributed by atoms with Gasteiger partial charge in [0.05, 0.1) is 13.7 Å². The predicted octanol–water partition coefficient (Wildman–Crippen LogP) is 2.76. The number of nitrogens with one attached hydrogen (secondary N) is 1. The van der Waals surface area contributed by atoms with Crippen LogP contribution >= 0.6 is 0 Å². The van der Waals surface area contributed by atoms with Crippen LogP contribution in [0, 0.1) is 13.8 Å². The lowest BCUT2D eigenvalue weighted by molar-refractivity contribution is -0.148. The minimum absolute atomic E-state index is 0.224. The molecular weight excluding hydrogens is 266 g/mol. The molecule has 1 N–H and O–H groups in total. The Labute approximate surface area is 126 Å². The number of hydrogen-bond donors (Lipinski definition) is 1. The Kier molecular flexibility index (Phi) is 4.88. The van der Waals surface area contributed by atoms with E-state index in [9.17, 15) is 4.79 Å². The first-order valence-corrected chi connectivity index (χ1v) is 7.50. The summed E-state index contributed by atoms with van der Waals surface area (Å²) in [5.74, 6) is 0.629. The van der Waals surface area contributed by atoms with E-state index in [1.807, 2.05) is 32.9 Å². The molecule has 0 amide bonds. The third-order valence-electron chi connectivity index (χ3n) is 3.80. The summed E-state index contributed by atoms with van der Waals surface area (Å²) in [6.07, 6.45) is 2.85. The molecule has 1 aliphatic rings. The Morgan fingerprint density at radius 3 is 2.43 bits per heavy atom. The first-order valence-electron chi connectivity index (χ1n) is 7.50. The van der Waals surface area contributed by atoms with Gasteiger partial charge in [0.2, 0.25) is 0 Å². The second-order valence-electron chi connectivity index (χ2n) is 6.16. The molecule has 1 aromatic carbocycles. The highest BCUT2D eigenvalue weighted by atomic mass is 16.5. The van der Waals surface area contributed by atoms with Crippen molar-refractivity contribution in [3.05, 3.63) is 29.3 Å². The van der Waals surface area contributed by atoms with Crippen LogP contribution in [0.5, 0.6) is 5.75 Å². The van der Waals surface area contributed by atoms with Crippen molar-refractivity contribution in [2.75, 3.05) is 13.7 Å². The van der Waals surface area contributed by atoms with Gasteiger partial charge in [0.1, 0.15) is 11.3 Å². The Bertz CT molecular complexity index is 491. The Balaban J connectivity index is 1.93. The minimum Gasteiger partial charge on any atom is -0.493 e. The van der Waals surface area contributed by atoms with Gasteiger partial charge in [-0.1, -0.05) is 6.07 Å². The molecule has 0 bridgehead atoms. The van der Waals surface area contributed by atoms with Gasteiger partial charge in [-0.15, -0.1) is 0 Å². The summed E-state index contributed by atoms with van der Waals surface area (Å²) in [5, 5.41) is 3.37. The van der Waals surface area contributed by atoms with E-state index in [1.54, 1.807) is 0 Å². The number of hydrogen-bond acceptors (Lipinski definition) is 4. The van der Waals surface area contributed by atoms with Crippen LogP contribution in [0.3, 0.4) is 0 Å². The highest BCUT2D eigenvalue weighted by molar-refractivity contribution is 5.80. The lowest BCUT2D eigenvalue weighted by atomic mass is 9.98. The third kappa shape index (κ3) is 4.46. The molecule has 4 heteroatoms. The van der Waals surface area contributed by atoms with Crippen molar-refractivity contribution in [1.29, 1.82) is 0 Å². The maximum absolute atomic E-state index is 12.0. The fourth-order valence-electron chi connectivity index (χ4n) is 2.53. The monoisotopic (exact) mass is 291 g/mol. The summed E-state index contributed by atoms with van der Waals surface area (Å²) >= 11 is 0. The number of ether oxygens (including phenoxy) is 2. The molecule has 2 rings (SSSR count). The van der Waals surface area contributed by atoms with Gasteiger partial charge in [-0.05, 0) is 56.9 Å². The topological polar surface area (TPSA) is 47.6 Å². The molecule has 1 saturated carbocycles. The van der Waals surface area contributed by atoms with Crippen LogP contribution in [0.2, 0.25) is 0 Å². The van der Waals surface area contributed by atoms with Gasteiger partial charge in [-0.2, -0.15) is 0 Å². The number of rotatable bonds is 7. The van der Waals surface area contributed by atoms with Gasteiger partial charge in [-0.3, -0.25) is 10.1 Å². The van der Waals surface area contributed by atoms with Crippen molar-refractivity contribution in [1.82, 2.24) is 5.32 Å². The van der Waals surface area contributed by atoms with Crippen LogP contribution in [0.25, 0.3) is 0 Å². The maximum atomic E-state index is 12.0. The average molecular weight is 291 g/mol. The molecule has 1 unspecified atom stereocenters. The van der Waals surface area contributed by atoms with Gasteiger partial charge in [0.25, 0.3) is 0 Å². The van der Waals surface area contributed by atoms with E-state index in [0.29, 0.717) is 19.1 Å². The Morgan fingerprint density at radius 1 is 1.29 bits per heavy atom. The van der Waals surface area contributed by atoms with Crippen molar-refractivity contribution in [2.24, 2.45) is 0 Å². The number of aryl methyl sites for hydroxylation is 2.